The summed E-state index contributed by atoms with van der Waals surface area (Å²) in [5.41, 5.74) is -0.221. The van der Waals surface area contributed by atoms with Crippen LogP contribution in [0.4, 0.5) is 33.9 Å². The Morgan fingerprint density at radius 3 is 2.64 bits per heavy atom. The summed E-state index contributed by atoms with van der Waals surface area (Å²) < 4.78 is 60.1. The fraction of sp³-hybridized carbons (Fsp3) is 0.300. The van der Waals surface area contributed by atoms with Crippen molar-refractivity contribution in [3.63, 3.8) is 0 Å². The van der Waals surface area contributed by atoms with Crippen molar-refractivity contribution in [2.24, 2.45) is 0 Å². The van der Waals surface area contributed by atoms with Crippen molar-refractivity contribution in [2.75, 3.05) is 30.3 Å². The molecule has 3 aliphatic heterocycles. The van der Waals surface area contributed by atoms with Gasteiger partial charge in [0.2, 0.25) is 11.8 Å². The van der Waals surface area contributed by atoms with Crippen LogP contribution < -0.4 is 15.4 Å². The Kier molecular flexibility index (Phi) is 6.00. The van der Waals surface area contributed by atoms with Crippen LogP contribution in [0.5, 0.6) is 5.75 Å². The molecular formula is C30H23F4N5O5. The highest BCUT2D eigenvalue weighted by Gasteiger charge is 2.62. The lowest BCUT2D eigenvalue weighted by Crippen LogP contribution is -2.52. The van der Waals surface area contributed by atoms with Gasteiger partial charge in [0.1, 0.15) is 30.5 Å². The molecule has 10 nitrogen and oxygen atoms in total. The predicted octanol–water partition coefficient (Wildman–Crippen LogP) is 3.65. The van der Waals surface area contributed by atoms with E-state index in [1.54, 1.807) is 30.5 Å². The molecule has 1 fully saturated rings. The van der Waals surface area contributed by atoms with Gasteiger partial charge in [-0.1, -0.05) is 12.1 Å². The second kappa shape index (κ2) is 9.49. The summed E-state index contributed by atoms with van der Waals surface area (Å²) in [6.45, 7) is -2.82. The predicted molar refractivity (Wildman–Crippen MR) is 145 cm³/mol. The summed E-state index contributed by atoms with van der Waals surface area (Å²) in [4.78, 5) is 58.3. The maximum absolute atomic E-state index is 14.4. The van der Waals surface area contributed by atoms with Gasteiger partial charge in [0.05, 0.1) is 12.0 Å². The van der Waals surface area contributed by atoms with Crippen LogP contribution in [0, 0.1) is 5.82 Å². The molecule has 5 amide bonds. The molecule has 44 heavy (non-hydrogen) atoms. The van der Waals surface area contributed by atoms with Gasteiger partial charge < -0.3 is 15.4 Å². The second-order valence-corrected chi connectivity index (χ2v) is 11.3. The SMILES string of the molecule is O=C(CN1C(=O)N(CC(F)(F)F)C(=O)C12CCOc1ccc(F)cc12)Nc1ccc2c(c1)C[C@@]1(C2)C(=O)Nc2ncccc21. The van der Waals surface area contributed by atoms with Gasteiger partial charge >= 0.3 is 12.2 Å². The number of hydrogen-bond acceptors (Lipinski definition) is 6. The molecule has 1 aliphatic carbocycles. The van der Waals surface area contributed by atoms with Crippen molar-refractivity contribution < 1.29 is 41.5 Å². The topological polar surface area (TPSA) is 121 Å². The minimum absolute atomic E-state index is 0.0262. The van der Waals surface area contributed by atoms with Crippen LogP contribution in [-0.4, -0.2) is 64.4 Å². The third kappa shape index (κ3) is 4.11. The number of aromatic nitrogens is 1. The molecule has 14 heteroatoms. The number of benzene rings is 2. The van der Waals surface area contributed by atoms with E-state index in [2.05, 4.69) is 15.6 Å². The van der Waals surface area contributed by atoms with Gasteiger partial charge in [-0.05, 0) is 60.4 Å². The number of nitrogens with zero attached hydrogens (tertiary/aromatic N) is 3. The molecular weight excluding hydrogens is 586 g/mol. The third-order valence-corrected chi connectivity index (χ3v) is 8.73. The lowest BCUT2D eigenvalue weighted by atomic mass is 9.79. The summed E-state index contributed by atoms with van der Waals surface area (Å²) in [6.07, 6.45) is -2.81. The molecule has 2 N–H and O–H groups in total. The number of halogens is 4. The summed E-state index contributed by atoms with van der Waals surface area (Å²) in [5, 5.41) is 5.49. The number of imide groups is 1. The van der Waals surface area contributed by atoms with E-state index in [-0.39, 0.29) is 35.1 Å². The highest BCUT2D eigenvalue weighted by atomic mass is 19.4. The quantitative estimate of drug-likeness (QED) is 0.344. The second-order valence-electron chi connectivity index (χ2n) is 11.3. The number of pyridine rings is 1. The van der Waals surface area contributed by atoms with Crippen molar-refractivity contribution in [1.29, 1.82) is 0 Å². The molecule has 7 rings (SSSR count). The number of carbonyl (C=O) groups is 4. The lowest BCUT2D eigenvalue weighted by Gasteiger charge is -2.39. The van der Waals surface area contributed by atoms with Gasteiger partial charge in [0.25, 0.3) is 5.91 Å². The molecule has 2 aromatic carbocycles. The number of urea groups is 1. The molecule has 0 saturated carbocycles. The molecule has 1 saturated heterocycles. The maximum atomic E-state index is 14.4. The molecule has 1 aromatic heterocycles. The molecule has 4 aliphatic rings. The largest absolute Gasteiger partial charge is 0.493 e. The normalized spacial score (nSPS) is 23.5. The number of rotatable bonds is 4. The lowest BCUT2D eigenvalue weighted by molar-refractivity contribution is -0.156. The molecule has 3 aromatic rings. The number of ether oxygens (including phenoxy) is 1. The minimum atomic E-state index is -4.91. The Morgan fingerprint density at radius 2 is 1.84 bits per heavy atom. The van der Waals surface area contributed by atoms with Crippen molar-refractivity contribution in [2.45, 2.75) is 36.4 Å². The number of anilines is 2. The van der Waals surface area contributed by atoms with Crippen LogP contribution in [-0.2, 0) is 38.2 Å². The van der Waals surface area contributed by atoms with Crippen LogP contribution in [0.1, 0.15) is 28.7 Å². The van der Waals surface area contributed by atoms with E-state index in [0.717, 1.165) is 33.7 Å². The van der Waals surface area contributed by atoms with E-state index in [1.807, 2.05) is 6.07 Å². The molecule has 226 valence electrons. The summed E-state index contributed by atoms with van der Waals surface area (Å²) >= 11 is 0. The first-order chi connectivity index (χ1) is 20.9. The highest BCUT2D eigenvalue weighted by Crippen LogP contribution is 2.48. The van der Waals surface area contributed by atoms with Crippen LogP contribution in [0.3, 0.4) is 0 Å². The number of nitrogens with one attached hydrogen (secondary N) is 2. The summed E-state index contributed by atoms with van der Waals surface area (Å²) in [6, 6.07) is 10.6. The third-order valence-electron chi connectivity index (χ3n) is 8.73. The number of amides is 5. The Labute approximate surface area is 247 Å². The van der Waals surface area contributed by atoms with Gasteiger partial charge in [-0.15, -0.1) is 0 Å². The van der Waals surface area contributed by atoms with Gasteiger partial charge in [-0.3, -0.25) is 24.2 Å². The number of alkyl halides is 3. The minimum Gasteiger partial charge on any atom is -0.493 e. The number of fused-ring (bicyclic) bond motifs is 5. The zero-order valence-electron chi connectivity index (χ0n) is 22.8. The standard InChI is InChI=1S/C30H23F4N5O5/c31-18-4-6-22-21(11-18)29(7-9-44-22)26(42)38(15-30(32,33)34)27(43)39(29)14-23(40)36-19-5-3-16-12-28(13-17(16)10-19)20-2-1-8-35-24(20)37-25(28)41/h1-6,8,10-11H,7,9,12-15H2,(H,36,40)(H,35,37,41)/t28-,29?/m1/s1. The van der Waals surface area contributed by atoms with Gasteiger partial charge in [0.15, 0.2) is 5.54 Å². The van der Waals surface area contributed by atoms with E-state index >= 15 is 0 Å². The molecule has 2 spiro atoms. The van der Waals surface area contributed by atoms with E-state index in [0.29, 0.717) is 24.3 Å². The van der Waals surface area contributed by atoms with E-state index in [9.17, 15) is 36.7 Å². The van der Waals surface area contributed by atoms with Crippen molar-refractivity contribution in [1.82, 2.24) is 14.8 Å². The Hall–Kier alpha value is -5.01. The average Bonchev–Trinajstić information content (AvgIpc) is 3.55. The van der Waals surface area contributed by atoms with Crippen molar-refractivity contribution >= 4 is 35.3 Å². The van der Waals surface area contributed by atoms with E-state index < -0.39 is 53.9 Å². The average molecular weight is 610 g/mol. The fourth-order valence-corrected chi connectivity index (χ4v) is 6.84. The number of carbonyl (C=O) groups excluding carboxylic acids is 4. The summed E-state index contributed by atoms with van der Waals surface area (Å²) in [7, 11) is 0. The van der Waals surface area contributed by atoms with Gasteiger partial charge in [0, 0.05) is 29.4 Å². The van der Waals surface area contributed by atoms with Crippen LogP contribution in [0.2, 0.25) is 0 Å². The monoisotopic (exact) mass is 609 g/mol. The van der Waals surface area contributed by atoms with Gasteiger partial charge in [-0.2, -0.15) is 13.2 Å². The van der Waals surface area contributed by atoms with Crippen LogP contribution in [0.15, 0.2) is 54.7 Å². The highest BCUT2D eigenvalue weighted by molar-refractivity contribution is 6.10. The van der Waals surface area contributed by atoms with E-state index in [4.69, 9.17) is 4.74 Å². The van der Waals surface area contributed by atoms with Gasteiger partial charge in [-0.25, -0.2) is 14.2 Å². The smallest absolute Gasteiger partial charge is 0.406 e. The Balaban J connectivity index is 1.17. The fourth-order valence-electron chi connectivity index (χ4n) is 6.84. The first-order valence-corrected chi connectivity index (χ1v) is 13.7. The first kappa shape index (κ1) is 27.8. The van der Waals surface area contributed by atoms with E-state index in [1.165, 1.54) is 6.07 Å². The summed E-state index contributed by atoms with van der Waals surface area (Å²) in [5.74, 6) is -2.44. The zero-order valence-corrected chi connectivity index (χ0v) is 22.8. The zero-order chi connectivity index (χ0) is 31.0. The molecule has 1 unspecified atom stereocenters. The molecule has 4 heterocycles. The Morgan fingerprint density at radius 1 is 1.05 bits per heavy atom. The first-order valence-electron chi connectivity index (χ1n) is 13.7. The molecule has 0 radical (unpaired) electrons. The number of hydrogen-bond donors (Lipinski definition) is 2. The Bertz CT molecular complexity index is 1780. The maximum Gasteiger partial charge on any atom is 0.406 e. The van der Waals surface area contributed by atoms with Crippen molar-refractivity contribution in [3.8, 4) is 5.75 Å². The molecule has 2 atom stereocenters. The van der Waals surface area contributed by atoms with Crippen molar-refractivity contribution in [3.05, 3.63) is 82.8 Å². The van der Waals surface area contributed by atoms with Crippen LogP contribution >= 0.6 is 0 Å². The molecule has 0 bridgehead atoms. The van der Waals surface area contributed by atoms with Crippen LogP contribution in [0.25, 0.3) is 0 Å².